The molecule has 1 N–H and O–H groups in total. The molecule has 0 aliphatic heterocycles. The van der Waals surface area contributed by atoms with Crippen molar-refractivity contribution in [2.24, 2.45) is 5.16 Å². The normalized spacial score (nSPS) is 10.8. The molecule has 5 heteroatoms. The van der Waals surface area contributed by atoms with E-state index in [1.165, 1.54) is 6.21 Å². The lowest BCUT2D eigenvalue weighted by Crippen LogP contribution is -2.01. The van der Waals surface area contributed by atoms with Crippen molar-refractivity contribution in [2.75, 3.05) is 13.2 Å². The Hall–Kier alpha value is -1.23. The first kappa shape index (κ1) is 13.8. The van der Waals surface area contributed by atoms with Crippen molar-refractivity contribution in [1.82, 2.24) is 0 Å². The van der Waals surface area contributed by atoms with Crippen LogP contribution in [0.25, 0.3) is 0 Å². The number of nitrogens with zero attached hydrogens (tertiary/aromatic N) is 1. The van der Waals surface area contributed by atoms with Gasteiger partial charge in [-0.1, -0.05) is 12.1 Å². The Balaban J connectivity index is 3.06. The van der Waals surface area contributed by atoms with Crippen LogP contribution in [0.2, 0.25) is 0 Å². The van der Waals surface area contributed by atoms with Gasteiger partial charge < -0.3 is 14.7 Å². The van der Waals surface area contributed by atoms with E-state index >= 15 is 0 Å². The van der Waals surface area contributed by atoms with Gasteiger partial charge in [0.25, 0.3) is 0 Å². The Morgan fingerprint density at radius 1 is 1.29 bits per heavy atom. The van der Waals surface area contributed by atoms with E-state index in [1.807, 2.05) is 19.9 Å². The molecule has 0 spiro atoms. The summed E-state index contributed by atoms with van der Waals surface area (Å²) < 4.78 is 11.9. The molecule has 0 aromatic heterocycles. The molecule has 0 saturated carbocycles. The van der Waals surface area contributed by atoms with Gasteiger partial charge in [0.1, 0.15) is 0 Å². The fraction of sp³-hybridized carbons (Fsp3) is 0.417. The van der Waals surface area contributed by atoms with E-state index in [2.05, 4.69) is 21.1 Å². The monoisotopic (exact) mass is 301 g/mol. The molecule has 1 aromatic rings. The first-order chi connectivity index (χ1) is 8.22. The van der Waals surface area contributed by atoms with Crippen molar-refractivity contribution in [1.29, 1.82) is 0 Å². The van der Waals surface area contributed by atoms with Gasteiger partial charge in [-0.15, -0.1) is 0 Å². The molecule has 94 valence electrons. The van der Waals surface area contributed by atoms with Gasteiger partial charge in [-0.2, -0.15) is 0 Å². The second-order valence-corrected chi connectivity index (χ2v) is 4.20. The lowest BCUT2D eigenvalue weighted by molar-refractivity contribution is 0.276. The molecule has 4 nitrogen and oxygen atoms in total. The van der Waals surface area contributed by atoms with Crippen LogP contribution < -0.4 is 9.47 Å². The van der Waals surface area contributed by atoms with Crippen LogP contribution in [0.1, 0.15) is 25.8 Å². The number of benzene rings is 1. The highest BCUT2D eigenvalue weighted by molar-refractivity contribution is 9.10. The fourth-order valence-electron chi connectivity index (χ4n) is 1.31. The van der Waals surface area contributed by atoms with E-state index in [9.17, 15) is 0 Å². The zero-order valence-corrected chi connectivity index (χ0v) is 11.5. The van der Waals surface area contributed by atoms with Crippen molar-refractivity contribution in [3.63, 3.8) is 0 Å². The SMILES string of the molecule is CCCOc1cc(Br)c(C=NO)cc1OCC. The minimum Gasteiger partial charge on any atom is -0.490 e. The lowest BCUT2D eigenvalue weighted by atomic mass is 10.2. The average Bonchev–Trinajstić information content (AvgIpc) is 2.32. The Bertz CT molecular complexity index is 394. The molecular formula is C12H16BrNO3. The fourth-order valence-corrected chi connectivity index (χ4v) is 1.73. The summed E-state index contributed by atoms with van der Waals surface area (Å²) in [6, 6.07) is 3.59. The molecule has 0 saturated heterocycles. The molecule has 0 aliphatic carbocycles. The quantitative estimate of drug-likeness (QED) is 0.497. The molecule has 0 fully saturated rings. The second-order valence-electron chi connectivity index (χ2n) is 3.35. The van der Waals surface area contributed by atoms with E-state index in [1.54, 1.807) is 6.07 Å². The Kier molecular flexibility index (Phi) is 5.83. The summed E-state index contributed by atoms with van der Waals surface area (Å²) in [6.07, 6.45) is 2.28. The van der Waals surface area contributed by atoms with Gasteiger partial charge in [0.05, 0.1) is 19.4 Å². The van der Waals surface area contributed by atoms with Gasteiger partial charge in [-0.25, -0.2) is 0 Å². The van der Waals surface area contributed by atoms with Crippen molar-refractivity contribution >= 4 is 22.1 Å². The Labute approximate surface area is 109 Å². The largest absolute Gasteiger partial charge is 0.490 e. The van der Waals surface area contributed by atoms with Gasteiger partial charge in [0.15, 0.2) is 11.5 Å². The molecule has 17 heavy (non-hydrogen) atoms. The van der Waals surface area contributed by atoms with Crippen LogP contribution in [0.4, 0.5) is 0 Å². The molecule has 0 aliphatic rings. The topological polar surface area (TPSA) is 51.0 Å². The number of rotatable bonds is 6. The summed E-state index contributed by atoms with van der Waals surface area (Å²) >= 11 is 3.39. The van der Waals surface area contributed by atoms with Gasteiger partial charge in [-0.3, -0.25) is 0 Å². The van der Waals surface area contributed by atoms with Crippen LogP contribution in [0.3, 0.4) is 0 Å². The summed E-state index contributed by atoms with van der Waals surface area (Å²) in [4.78, 5) is 0. The van der Waals surface area contributed by atoms with Crippen molar-refractivity contribution < 1.29 is 14.7 Å². The molecule has 0 atom stereocenters. The molecule has 0 heterocycles. The predicted molar refractivity (Wildman–Crippen MR) is 70.5 cm³/mol. The molecular weight excluding hydrogens is 286 g/mol. The van der Waals surface area contributed by atoms with Crippen molar-refractivity contribution in [3.05, 3.63) is 22.2 Å². The van der Waals surface area contributed by atoms with Crippen molar-refractivity contribution in [2.45, 2.75) is 20.3 Å². The molecule has 0 unspecified atom stereocenters. The minimum atomic E-state index is 0.555. The second kappa shape index (κ2) is 7.17. The Morgan fingerprint density at radius 3 is 2.59 bits per heavy atom. The van der Waals surface area contributed by atoms with Crippen LogP contribution in [-0.2, 0) is 0 Å². The maximum atomic E-state index is 8.55. The smallest absolute Gasteiger partial charge is 0.162 e. The van der Waals surface area contributed by atoms with Crippen molar-refractivity contribution in [3.8, 4) is 11.5 Å². The van der Waals surface area contributed by atoms with Crippen LogP contribution in [0, 0.1) is 0 Å². The first-order valence-corrected chi connectivity index (χ1v) is 6.28. The van der Waals surface area contributed by atoms with E-state index in [0.717, 1.165) is 16.5 Å². The third-order valence-electron chi connectivity index (χ3n) is 2.02. The van der Waals surface area contributed by atoms with E-state index in [0.29, 0.717) is 24.7 Å². The summed E-state index contributed by atoms with van der Waals surface area (Å²) in [5.74, 6) is 1.34. The van der Waals surface area contributed by atoms with Crippen LogP contribution in [0.15, 0.2) is 21.8 Å². The average molecular weight is 302 g/mol. The highest BCUT2D eigenvalue weighted by Crippen LogP contribution is 2.33. The van der Waals surface area contributed by atoms with Crippen LogP contribution in [-0.4, -0.2) is 24.6 Å². The van der Waals surface area contributed by atoms with E-state index < -0.39 is 0 Å². The minimum absolute atomic E-state index is 0.555. The highest BCUT2D eigenvalue weighted by atomic mass is 79.9. The summed E-state index contributed by atoms with van der Waals surface area (Å²) in [5, 5.41) is 11.6. The summed E-state index contributed by atoms with van der Waals surface area (Å²) in [6.45, 7) is 5.15. The molecule has 1 aromatic carbocycles. The third kappa shape index (κ3) is 3.93. The molecule has 0 amide bonds. The van der Waals surface area contributed by atoms with Gasteiger partial charge in [0.2, 0.25) is 0 Å². The van der Waals surface area contributed by atoms with Crippen LogP contribution >= 0.6 is 15.9 Å². The first-order valence-electron chi connectivity index (χ1n) is 5.49. The molecule has 0 bridgehead atoms. The number of hydrogen-bond acceptors (Lipinski definition) is 4. The number of oxime groups is 1. The number of hydrogen-bond donors (Lipinski definition) is 1. The van der Waals surface area contributed by atoms with E-state index in [4.69, 9.17) is 14.7 Å². The Morgan fingerprint density at radius 2 is 2.00 bits per heavy atom. The third-order valence-corrected chi connectivity index (χ3v) is 2.71. The molecule has 1 rings (SSSR count). The van der Waals surface area contributed by atoms with Gasteiger partial charge in [-0.05, 0) is 41.4 Å². The predicted octanol–water partition coefficient (Wildman–Crippen LogP) is 3.44. The standard InChI is InChI=1S/C12H16BrNO3/c1-3-5-17-12-7-10(13)9(8-14-15)6-11(12)16-4-2/h6-8,15H,3-5H2,1-2H3. The summed E-state index contributed by atoms with van der Waals surface area (Å²) in [7, 11) is 0. The van der Waals surface area contributed by atoms with E-state index in [-0.39, 0.29) is 0 Å². The zero-order valence-electron chi connectivity index (χ0n) is 9.94. The zero-order chi connectivity index (χ0) is 12.7. The maximum absolute atomic E-state index is 8.55. The number of ether oxygens (including phenoxy) is 2. The maximum Gasteiger partial charge on any atom is 0.162 e. The highest BCUT2D eigenvalue weighted by Gasteiger charge is 2.09. The summed E-state index contributed by atoms with van der Waals surface area (Å²) in [5.41, 5.74) is 0.736. The molecule has 0 radical (unpaired) electrons. The van der Waals surface area contributed by atoms with Crippen LogP contribution in [0.5, 0.6) is 11.5 Å². The van der Waals surface area contributed by atoms with Gasteiger partial charge in [0, 0.05) is 10.0 Å². The number of halogens is 1. The lowest BCUT2D eigenvalue weighted by Gasteiger charge is -2.13. The van der Waals surface area contributed by atoms with Gasteiger partial charge >= 0.3 is 0 Å².